The lowest BCUT2D eigenvalue weighted by atomic mass is 10.1. The van der Waals surface area contributed by atoms with Gasteiger partial charge in [0.2, 0.25) is 0 Å². The molecule has 2 heterocycles. The van der Waals surface area contributed by atoms with Crippen molar-refractivity contribution in [2.45, 2.75) is 39.2 Å². The number of nitrogens with two attached hydrogens (primary N) is 1. The molecule has 18 heavy (non-hydrogen) atoms. The fraction of sp³-hybridized carbons (Fsp3) is 0.615. The normalized spacial score (nSPS) is 25.8. The molecule has 0 radical (unpaired) electrons. The Kier molecular flexibility index (Phi) is 2.50. The fourth-order valence-corrected chi connectivity index (χ4v) is 3.30. The second-order valence-electron chi connectivity index (χ2n) is 5.51. The summed E-state index contributed by atoms with van der Waals surface area (Å²) in [4.78, 5) is 2.31. The van der Waals surface area contributed by atoms with Gasteiger partial charge in [-0.25, -0.2) is 0 Å². The van der Waals surface area contributed by atoms with Crippen LogP contribution in [0, 0.1) is 25.2 Å². The predicted octanol–water partition coefficient (Wildman–Crippen LogP) is 1.37. The van der Waals surface area contributed by atoms with Crippen molar-refractivity contribution in [3.8, 4) is 0 Å². The average Bonchev–Trinajstić information content (AvgIpc) is 2.93. The van der Waals surface area contributed by atoms with Gasteiger partial charge in [0.1, 0.15) is 5.84 Å². The van der Waals surface area contributed by atoms with Crippen molar-refractivity contribution in [3.63, 3.8) is 0 Å². The summed E-state index contributed by atoms with van der Waals surface area (Å²) in [6, 6.07) is 0.574. The Labute approximate surface area is 107 Å². The van der Waals surface area contributed by atoms with Crippen LogP contribution in [0.15, 0.2) is 0 Å². The van der Waals surface area contributed by atoms with Crippen molar-refractivity contribution < 1.29 is 0 Å². The fourth-order valence-electron chi connectivity index (χ4n) is 3.30. The highest BCUT2D eigenvalue weighted by Crippen LogP contribution is 2.40. The molecule has 2 bridgehead atoms. The van der Waals surface area contributed by atoms with E-state index in [1.165, 1.54) is 19.3 Å². The number of nitrogens with one attached hydrogen (secondary N) is 1. The molecule has 96 valence electrons. The Bertz CT molecular complexity index is 510. The maximum atomic E-state index is 7.80. The Morgan fingerprint density at radius 3 is 2.67 bits per heavy atom. The molecule has 2 atom stereocenters. The molecule has 0 aromatic carbocycles. The van der Waals surface area contributed by atoms with Crippen molar-refractivity contribution in [2.75, 3.05) is 11.4 Å². The van der Waals surface area contributed by atoms with E-state index in [0.29, 0.717) is 6.04 Å². The Balaban J connectivity index is 2.07. The third kappa shape index (κ3) is 1.57. The van der Waals surface area contributed by atoms with E-state index in [4.69, 9.17) is 11.1 Å². The molecular formula is C13H19N5. The van der Waals surface area contributed by atoms with Crippen LogP contribution < -0.4 is 10.6 Å². The first-order valence-electron chi connectivity index (χ1n) is 6.53. The van der Waals surface area contributed by atoms with E-state index in [1.54, 1.807) is 0 Å². The van der Waals surface area contributed by atoms with Gasteiger partial charge in [-0.2, -0.15) is 5.10 Å². The zero-order valence-corrected chi connectivity index (χ0v) is 10.9. The van der Waals surface area contributed by atoms with Crippen molar-refractivity contribution in [1.29, 1.82) is 5.41 Å². The second-order valence-corrected chi connectivity index (χ2v) is 5.51. The van der Waals surface area contributed by atoms with E-state index in [1.807, 2.05) is 13.8 Å². The summed E-state index contributed by atoms with van der Waals surface area (Å²) >= 11 is 0. The summed E-state index contributed by atoms with van der Waals surface area (Å²) in [5, 5.41) is 16.3. The Hall–Kier alpha value is -1.65. The number of aryl methyl sites for hydroxylation is 1. The number of hydrogen-bond acceptors (Lipinski definition) is 4. The Morgan fingerprint density at radius 1 is 1.33 bits per heavy atom. The van der Waals surface area contributed by atoms with Crippen molar-refractivity contribution in [1.82, 2.24) is 10.2 Å². The third-order valence-electron chi connectivity index (χ3n) is 4.39. The lowest BCUT2D eigenvalue weighted by Gasteiger charge is -2.29. The van der Waals surface area contributed by atoms with E-state index >= 15 is 0 Å². The van der Waals surface area contributed by atoms with Gasteiger partial charge in [-0.3, -0.25) is 5.41 Å². The van der Waals surface area contributed by atoms with E-state index in [-0.39, 0.29) is 5.84 Å². The Morgan fingerprint density at radius 2 is 2.11 bits per heavy atom. The molecule has 1 saturated carbocycles. The second kappa shape index (κ2) is 3.93. The van der Waals surface area contributed by atoms with Gasteiger partial charge in [-0.15, -0.1) is 5.10 Å². The van der Waals surface area contributed by atoms with Gasteiger partial charge in [0.25, 0.3) is 0 Å². The summed E-state index contributed by atoms with van der Waals surface area (Å²) in [6.45, 7) is 4.93. The van der Waals surface area contributed by atoms with Crippen LogP contribution in [0.2, 0.25) is 0 Å². The number of fused-ring (bicyclic) bond motifs is 2. The lowest BCUT2D eigenvalue weighted by molar-refractivity contribution is 0.548. The first-order chi connectivity index (χ1) is 8.58. The number of rotatable bonds is 2. The number of piperidine rings is 1. The van der Waals surface area contributed by atoms with Crippen molar-refractivity contribution >= 4 is 11.7 Å². The van der Waals surface area contributed by atoms with E-state index < -0.39 is 0 Å². The van der Waals surface area contributed by atoms with Gasteiger partial charge in [0.15, 0.2) is 5.82 Å². The summed E-state index contributed by atoms with van der Waals surface area (Å²) in [5.41, 5.74) is 8.35. The molecule has 1 aliphatic heterocycles. The van der Waals surface area contributed by atoms with Crippen LogP contribution in [0.25, 0.3) is 0 Å². The predicted molar refractivity (Wildman–Crippen MR) is 71.0 cm³/mol. The van der Waals surface area contributed by atoms with Gasteiger partial charge in [0.05, 0.1) is 11.3 Å². The molecule has 0 spiro atoms. The summed E-state index contributed by atoms with van der Waals surface area (Å²) < 4.78 is 0. The molecule has 5 heteroatoms. The van der Waals surface area contributed by atoms with Crippen LogP contribution in [-0.2, 0) is 0 Å². The number of nitrogens with zero attached hydrogens (tertiary/aromatic N) is 3. The number of hydrogen-bond donors (Lipinski definition) is 2. The first-order valence-corrected chi connectivity index (χ1v) is 6.53. The molecule has 1 aromatic rings. The molecule has 2 aliphatic rings. The van der Waals surface area contributed by atoms with E-state index in [0.717, 1.165) is 35.1 Å². The monoisotopic (exact) mass is 245 g/mol. The minimum Gasteiger partial charge on any atom is -0.384 e. The maximum Gasteiger partial charge on any atom is 0.162 e. The van der Waals surface area contributed by atoms with Crippen molar-refractivity contribution in [2.24, 2.45) is 11.7 Å². The molecule has 1 saturated heterocycles. The summed E-state index contributed by atoms with van der Waals surface area (Å²) in [6.07, 6.45) is 3.82. The highest BCUT2D eigenvalue weighted by molar-refractivity contribution is 6.01. The standard InChI is InChI=1S/C13H19N5/c1-7-8(2)16-17-13(11(7)12(14)15)18-6-9-3-4-10(18)5-9/h9-10H,3-6H2,1-2H3,(H3,14,15). The maximum absolute atomic E-state index is 7.80. The average molecular weight is 245 g/mol. The molecule has 2 unspecified atom stereocenters. The topological polar surface area (TPSA) is 78.9 Å². The highest BCUT2D eigenvalue weighted by Gasteiger charge is 2.39. The van der Waals surface area contributed by atoms with Crippen molar-refractivity contribution in [3.05, 3.63) is 16.8 Å². The lowest BCUT2D eigenvalue weighted by Crippen LogP contribution is -2.35. The molecule has 1 aromatic heterocycles. The summed E-state index contributed by atoms with van der Waals surface area (Å²) in [7, 11) is 0. The van der Waals surface area contributed by atoms with Gasteiger partial charge in [-0.05, 0) is 44.6 Å². The van der Waals surface area contributed by atoms with Gasteiger partial charge < -0.3 is 10.6 Å². The molecule has 3 N–H and O–H groups in total. The van der Waals surface area contributed by atoms with Crippen LogP contribution in [-0.4, -0.2) is 28.6 Å². The number of nitrogen functional groups attached to an aromatic ring is 1. The number of anilines is 1. The molecule has 3 rings (SSSR count). The van der Waals surface area contributed by atoms with Crippen LogP contribution in [0.4, 0.5) is 5.82 Å². The quantitative estimate of drug-likeness (QED) is 0.609. The zero-order chi connectivity index (χ0) is 12.9. The largest absolute Gasteiger partial charge is 0.384 e. The first kappa shape index (κ1) is 11.4. The molecule has 0 amide bonds. The SMILES string of the molecule is Cc1nnc(N2CC3CCC2C3)c(C(=N)N)c1C. The molecular weight excluding hydrogens is 226 g/mol. The minimum absolute atomic E-state index is 0.100. The van der Waals surface area contributed by atoms with Crippen LogP contribution in [0.5, 0.6) is 0 Å². The smallest absolute Gasteiger partial charge is 0.162 e. The van der Waals surface area contributed by atoms with Gasteiger partial charge in [0, 0.05) is 12.6 Å². The minimum atomic E-state index is 0.100. The molecule has 5 nitrogen and oxygen atoms in total. The van der Waals surface area contributed by atoms with Crippen LogP contribution >= 0.6 is 0 Å². The van der Waals surface area contributed by atoms with Gasteiger partial charge >= 0.3 is 0 Å². The summed E-state index contributed by atoms with van der Waals surface area (Å²) in [5.74, 6) is 1.71. The number of amidine groups is 1. The van der Waals surface area contributed by atoms with Crippen LogP contribution in [0.1, 0.15) is 36.1 Å². The van der Waals surface area contributed by atoms with E-state index in [9.17, 15) is 0 Å². The van der Waals surface area contributed by atoms with Gasteiger partial charge in [-0.1, -0.05) is 0 Å². The molecule has 2 fully saturated rings. The third-order valence-corrected chi connectivity index (χ3v) is 4.39. The zero-order valence-electron chi connectivity index (χ0n) is 10.9. The molecule has 1 aliphatic carbocycles. The van der Waals surface area contributed by atoms with Crippen LogP contribution in [0.3, 0.4) is 0 Å². The van der Waals surface area contributed by atoms with E-state index in [2.05, 4.69) is 15.1 Å². The highest BCUT2D eigenvalue weighted by atomic mass is 15.3. The number of aromatic nitrogens is 2.